The predicted octanol–water partition coefficient (Wildman–Crippen LogP) is 3.27. The van der Waals surface area contributed by atoms with Crippen molar-refractivity contribution in [2.24, 2.45) is 0 Å². The highest BCUT2D eigenvalue weighted by atomic mass is 16.5. The number of nitrogens with one attached hydrogen (secondary N) is 1. The van der Waals surface area contributed by atoms with Gasteiger partial charge in [-0.05, 0) is 49.9 Å². The van der Waals surface area contributed by atoms with Crippen LogP contribution in [0.4, 0.5) is 0 Å². The fourth-order valence-corrected chi connectivity index (χ4v) is 2.86. The van der Waals surface area contributed by atoms with Gasteiger partial charge in [0.25, 0.3) is 0 Å². The highest BCUT2D eigenvalue weighted by Gasteiger charge is 2.11. The van der Waals surface area contributed by atoms with Crippen LogP contribution in [0.3, 0.4) is 0 Å². The van der Waals surface area contributed by atoms with E-state index < -0.39 is 0 Å². The summed E-state index contributed by atoms with van der Waals surface area (Å²) in [6.45, 7) is 3.56. The van der Waals surface area contributed by atoms with Crippen molar-refractivity contribution in [3.05, 3.63) is 23.8 Å². The predicted molar refractivity (Wildman–Crippen MR) is 101 cm³/mol. The molecule has 1 rings (SSSR count). The van der Waals surface area contributed by atoms with Crippen LogP contribution >= 0.6 is 0 Å². The number of aliphatic hydroxyl groups is 1. The van der Waals surface area contributed by atoms with E-state index in [2.05, 4.69) is 12.2 Å². The Morgan fingerprint density at radius 2 is 1.92 bits per heavy atom. The minimum atomic E-state index is -0.349. The third kappa shape index (κ3) is 9.10. The molecule has 1 aromatic rings. The zero-order valence-electron chi connectivity index (χ0n) is 16.0. The summed E-state index contributed by atoms with van der Waals surface area (Å²) in [6, 6.07) is 5.37. The summed E-state index contributed by atoms with van der Waals surface area (Å²) in [5, 5.41) is 23.0. The Kier molecular flexibility index (Phi) is 11.3. The van der Waals surface area contributed by atoms with E-state index >= 15 is 0 Å². The molecule has 0 saturated carbocycles. The first-order chi connectivity index (χ1) is 12.1. The van der Waals surface area contributed by atoms with E-state index in [1.807, 2.05) is 12.1 Å². The van der Waals surface area contributed by atoms with Crippen LogP contribution in [0.1, 0.15) is 51.0 Å². The van der Waals surface area contributed by atoms with Gasteiger partial charge in [0, 0.05) is 13.7 Å². The largest absolute Gasteiger partial charge is 0.504 e. The van der Waals surface area contributed by atoms with Gasteiger partial charge < -0.3 is 25.0 Å². The summed E-state index contributed by atoms with van der Waals surface area (Å²) in [5.74, 6) is 0.646. The Morgan fingerprint density at radius 3 is 2.60 bits per heavy atom. The number of phenols is 1. The molecule has 0 fully saturated rings. The molecular formula is C20H35NO4. The lowest BCUT2D eigenvalue weighted by atomic mass is 10.0. The first-order valence-corrected chi connectivity index (χ1v) is 9.38. The number of phenolic OH excluding ortho intramolecular Hbond substituents is 1. The monoisotopic (exact) mass is 353 g/mol. The Bertz CT molecular complexity index is 467. The Hall–Kier alpha value is -1.30. The lowest BCUT2D eigenvalue weighted by molar-refractivity contribution is 0.0656. The second kappa shape index (κ2) is 13.0. The van der Waals surface area contributed by atoms with Crippen LogP contribution in [0.5, 0.6) is 11.5 Å². The molecule has 0 aliphatic heterocycles. The molecule has 3 N–H and O–H groups in total. The van der Waals surface area contributed by atoms with E-state index in [1.165, 1.54) is 19.3 Å². The second-order valence-electron chi connectivity index (χ2n) is 6.54. The van der Waals surface area contributed by atoms with Crippen LogP contribution in [0.2, 0.25) is 0 Å². The molecule has 0 aromatic heterocycles. The van der Waals surface area contributed by atoms with Gasteiger partial charge in [-0.2, -0.15) is 0 Å². The van der Waals surface area contributed by atoms with Crippen LogP contribution in [-0.4, -0.2) is 49.7 Å². The van der Waals surface area contributed by atoms with Crippen molar-refractivity contribution in [1.29, 1.82) is 0 Å². The third-order valence-corrected chi connectivity index (χ3v) is 4.50. The first kappa shape index (κ1) is 21.7. The SMILES string of the molecule is CCCCCC(CCC(O)CNCCc1ccc(O)c(OC)c1)OC. The lowest BCUT2D eigenvalue weighted by Crippen LogP contribution is -2.29. The van der Waals surface area contributed by atoms with Crippen LogP contribution < -0.4 is 10.1 Å². The van der Waals surface area contributed by atoms with E-state index in [1.54, 1.807) is 20.3 Å². The van der Waals surface area contributed by atoms with Crippen LogP contribution in [0, 0.1) is 0 Å². The van der Waals surface area contributed by atoms with Gasteiger partial charge in [0.15, 0.2) is 11.5 Å². The fourth-order valence-electron chi connectivity index (χ4n) is 2.86. The van der Waals surface area contributed by atoms with E-state index in [9.17, 15) is 10.2 Å². The van der Waals surface area contributed by atoms with Crippen LogP contribution in [0.15, 0.2) is 18.2 Å². The number of methoxy groups -OCH3 is 2. The summed E-state index contributed by atoms with van der Waals surface area (Å²) in [4.78, 5) is 0. The van der Waals surface area contributed by atoms with E-state index in [0.29, 0.717) is 12.3 Å². The summed E-state index contributed by atoms with van der Waals surface area (Å²) >= 11 is 0. The highest BCUT2D eigenvalue weighted by molar-refractivity contribution is 5.41. The number of rotatable bonds is 14. The van der Waals surface area contributed by atoms with Crippen molar-refractivity contribution in [3.8, 4) is 11.5 Å². The van der Waals surface area contributed by atoms with E-state index in [4.69, 9.17) is 9.47 Å². The number of unbranched alkanes of at least 4 members (excludes halogenated alkanes) is 2. The van der Waals surface area contributed by atoms with Gasteiger partial charge in [-0.1, -0.05) is 32.3 Å². The molecular weight excluding hydrogens is 318 g/mol. The fraction of sp³-hybridized carbons (Fsp3) is 0.700. The summed E-state index contributed by atoms with van der Waals surface area (Å²) in [5.41, 5.74) is 1.09. The van der Waals surface area contributed by atoms with Gasteiger partial charge >= 0.3 is 0 Å². The third-order valence-electron chi connectivity index (χ3n) is 4.50. The van der Waals surface area contributed by atoms with E-state index in [0.717, 1.165) is 37.8 Å². The van der Waals surface area contributed by atoms with Crippen molar-refractivity contribution >= 4 is 0 Å². The molecule has 0 heterocycles. The van der Waals surface area contributed by atoms with Gasteiger partial charge in [-0.15, -0.1) is 0 Å². The molecule has 0 amide bonds. The van der Waals surface area contributed by atoms with Crippen LogP contribution in [0.25, 0.3) is 0 Å². The Labute approximate surface area is 152 Å². The maximum absolute atomic E-state index is 10.1. The van der Waals surface area contributed by atoms with Gasteiger partial charge in [0.05, 0.1) is 19.3 Å². The molecule has 5 heteroatoms. The van der Waals surface area contributed by atoms with E-state index in [-0.39, 0.29) is 18.0 Å². The van der Waals surface area contributed by atoms with Crippen molar-refractivity contribution in [3.63, 3.8) is 0 Å². The van der Waals surface area contributed by atoms with Crippen molar-refractivity contribution in [2.45, 2.75) is 64.1 Å². The quantitative estimate of drug-likeness (QED) is 0.448. The smallest absolute Gasteiger partial charge is 0.160 e. The normalized spacial score (nSPS) is 13.6. The molecule has 2 atom stereocenters. The minimum absolute atomic E-state index is 0.154. The number of aromatic hydroxyl groups is 1. The maximum Gasteiger partial charge on any atom is 0.160 e. The molecule has 0 bridgehead atoms. The van der Waals surface area contributed by atoms with Crippen molar-refractivity contribution in [2.75, 3.05) is 27.3 Å². The first-order valence-electron chi connectivity index (χ1n) is 9.38. The van der Waals surface area contributed by atoms with Crippen molar-refractivity contribution in [1.82, 2.24) is 5.32 Å². The Balaban J connectivity index is 2.18. The number of benzene rings is 1. The zero-order chi connectivity index (χ0) is 18.5. The average Bonchev–Trinajstić information content (AvgIpc) is 2.62. The summed E-state index contributed by atoms with van der Waals surface area (Å²) < 4.78 is 10.6. The lowest BCUT2D eigenvalue weighted by Gasteiger charge is -2.18. The highest BCUT2D eigenvalue weighted by Crippen LogP contribution is 2.26. The topological polar surface area (TPSA) is 71.0 Å². The summed E-state index contributed by atoms with van der Waals surface area (Å²) in [6.07, 6.45) is 7.11. The molecule has 0 radical (unpaired) electrons. The second-order valence-corrected chi connectivity index (χ2v) is 6.54. The standard InChI is InChI=1S/C20H35NO4/c1-4-5-6-7-18(24-2)10-9-17(22)15-21-13-12-16-8-11-19(23)20(14-16)25-3/h8,11,14,17-18,21-23H,4-7,9-10,12-13,15H2,1-3H3. The van der Waals surface area contributed by atoms with Gasteiger partial charge in [-0.3, -0.25) is 0 Å². The van der Waals surface area contributed by atoms with Gasteiger partial charge in [-0.25, -0.2) is 0 Å². The molecule has 0 aliphatic carbocycles. The zero-order valence-corrected chi connectivity index (χ0v) is 16.0. The molecule has 1 aromatic carbocycles. The molecule has 2 unspecified atom stereocenters. The number of hydrogen-bond donors (Lipinski definition) is 3. The molecule has 25 heavy (non-hydrogen) atoms. The Morgan fingerprint density at radius 1 is 1.12 bits per heavy atom. The molecule has 0 spiro atoms. The van der Waals surface area contributed by atoms with Gasteiger partial charge in [0.1, 0.15) is 0 Å². The molecule has 5 nitrogen and oxygen atoms in total. The maximum atomic E-state index is 10.1. The van der Waals surface area contributed by atoms with Crippen LogP contribution in [-0.2, 0) is 11.2 Å². The molecule has 0 saturated heterocycles. The van der Waals surface area contributed by atoms with Gasteiger partial charge in [0.2, 0.25) is 0 Å². The number of aliphatic hydroxyl groups excluding tert-OH is 1. The average molecular weight is 354 g/mol. The number of ether oxygens (including phenoxy) is 2. The number of hydrogen-bond acceptors (Lipinski definition) is 5. The molecule has 0 aliphatic rings. The summed E-state index contributed by atoms with van der Waals surface area (Å²) in [7, 11) is 3.30. The molecule has 144 valence electrons. The van der Waals surface area contributed by atoms with Crippen molar-refractivity contribution < 1.29 is 19.7 Å². The minimum Gasteiger partial charge on any atom is -0.504 e.